The largest absolute Gasteiger partial charge is 0.461 e. The van der Waals surface area contributed by atoms with E-state index in [1.54, 1.807) is 6.07 Å². The third kappa shape index (κ3) is 3.01. The minimum atomic E-state index is -3.97. The molecule has 3 nitrogen and oxygen atoms in total. The highest BCUT2D eigenvalue weighted by molar-refractivity contribution is 9.10. The minimum absolute atomic E-state index is 0.0643. The van der Waals surface area contributed by atoms with Crippen molar-refractivity contribution in [3.05, 3.63) is 34.3 Å². The highest BCUT2D eigenvalue weighted by atomic mass is 79.9. The number of aliphatic hydroxyl groups excluding tert-OH is 1. The normalized spacial score (nSPS) is 13.2. The summed E-state index contributed by atoms with van der Waals surface area (Å²) in [5.41, 5.74) is -0.0643. The number of hydrogen-bond donors (Lipinski definition) is 1. The van der Waals surface area contributed by atoms with Gasteiger partial charge < -0.3 is 9.84 Å². The Balaban J connectivity index is 3.00. The van der Waals surface area contributed by atoms with Gasteiger partial charge in [-0.25, -0.2) is 4.79 Å². The van der Waals surface area contributed by atoms with Crippen LogP contribution in [0.1, 0.15) is 18.6 Å². The number of halogens is 3. The van der Waals surface area contributed by atoms with Gasteiger partial charge in [-0.2, -0.15) is 8.78 Å². The maximum absolute atomic E-state index is 13.5. The standard InChI is InChI=1S/C11H11BrF2O3/c1-2-17-10(16)11(13,14)9(15)7-5-3-4-6-8(7)12/h3-6,9,15H,2H2,1H3/t9-/m0/s1. The van der Waals surface area contributed by atoms with Gasteiger partial charge in [-0.05, 0) is 13.0 Å². The summed E-state index contributed by atoms with van der Waals surface area (Å²) in [4.78, 5) is 11.0. The van der Waals surface area contributed by atoms with Gasteiger partial charge >= 0.3 is 11.9 Å². The number of benzene rings is 1. The van der Waals surface area contributed by atoms with Crippen LogP contribution in [0.2, 0.25) is 0 Å². The molecule has 0 aromatic heterocycles. The molecule has 17 heavy (non-hydrogen) atoms. The van der Waals surface area contributed by atoms with Crippen LogP contribution in [0.15, 0.2) is 28.7 Å². The molecular formula is C11H11BrF2O3. The molecule has 0 amide bonds. The molecule has 0 heterocycles. The average Bonchev–Trinajstić information content (AvgIpc) is 2.29. The Labute approximate surface area is 106 Å². The summed E-state index contributed by atoms with van der Waals surface area (Å²) in [6, 6.07) is 5.91. The number of esters is 1. The second-order valence-electron chi connectivity index (χ2n) is 3.27. The first kappa shape index (κ1) is 14.1. The molecule has 1 aromatic rings. The third-order valence-corrected chi connectivity index (χ3v) is 2.81. The van der Waals surface area contributed by atoms with Crippen LogP contribution in [0.5, 0.6) is 0 Å². The maximum atomic E-state index is 13.5. The Bertz CT molecular complexity index is 409. The van der Waals surface area contributed by atoms with Crippen molar-refractivity contribution in [1.29, 1.82) is 0 Å². The molecule has 0 bridgehead atoms. The summed E-state index contributed by atoms with van der Waals surface area (Å²) in [5, 5.41) is 9.55. The van der Waals surface area contributed by atoms with E-state index < -0.39 is 18.0 Å². The lowest BCUT2D eigenvalue weighted by atomic mass is 10.0. The summed E-state index contributed by atoms with van der Waals surface area (Å²) in [7, 11) is 0. The first-order chi connectivity index (χ1) is 7.91. The summed E-state index contributed by atoms with van der Waals surface area (Å²) in [6.45, 7) is 1.25. The fourth-order valence-corrected chi connectivity index (χ4v) is 1.73. The Kier molecular flexibility index (Phi) is 4.59. The lowest BCUT2D eigenvalue weighted by Gasteiger charge is -2.21. The molecule has 0 aliphatic rings. The molecule has 0 saturated heterocycles. The van der Waals surface area contributed by atoms with Crippen molar-refractivity contribution in [2.24, 2.45) is 0 Å². The smallest absolute Gasteiger partial charge is 0.380 e. The van der Waals surface area contributed by atoms with E-state index in [2.05, 4.69) is 20.7 Å². The molecule has 0 unspecified atom stereocenters. The molecular weight excluding hydrogens is 298 g/mol. The lowest BCUT2D eigenvalue weighted by molar-refractivity contribution is -0.189. The number of alkyl halides is 2. The molecule has 1 rings (SSSR count). The van der Waals surface area contributed by atoms with Crippen molar-refractivity contribution in [2.75, 3.05) is 6.61 Å². The zero-order valence-electron chi connectivity index (χ0n) is 8.99. The quantitative estimate of drug-likeness (QED) is 0.870. The maximum Gasteiger partial charge on any atom is 0.380 e. The van der Waals surface area contributed by atoms with Crippen LogP contribution in [0.3, 0.4) is 0 Å². The first-order valence-electron chi connectivity index (χ1n) is 4.88. The fourth-order valence-electron chi connectivity index (χ4n) is 1.23. The van der Waals surface area contributed by atoms with E-state index in [0.29, 0.717) is 4.47 Å². The van der Waals surface area contributed by atoms with Crippen molar-refractivity contribution < 1.29 is 23.4 Å². The van der Waals surface area contributed by atoms with Gasteiger partial charge in [0.15, 0.2) is 6.10 Å². The predicted octanol–water partition coefficient (Wildman–Crippen LogP) is 2.68. The van der Waals surface area contributed by atoms with E-state index in [0.717, 1.165) is 0 Å². The Morgan fingerprint density at radius 2 is 2.12 bits per heavy atom. The molecule has 94 valence electrons. The molecule has 0 radical (unpaired) electrons. The summed E-state index contributed by atoms with van der Waals surface area (Å²) >= 11 is 3.03. The van der Waals surface area contributed by atoms with Gasteiger partial charge in [-0.1, -0.05) is 34.1 Å². The molecule has 0 fully saturated rings. The molecule has 1 atom stereocenters. The van der Waals surface area contributed by atoms with Crippen molar-refractivity contribution in [1.82, 2.24) is 0 Å². The van der Waals surface area contributed by atoms with Crippen molar-refractivity contribution >= 4 is 21.9 Å². The average molecular weight is 309 g/mol. The SMILES string of the molecule is CCOC(=O)C(F)(F)[C@@H](O)c1ccccc1Br. The molecule has 0 aliphatic carbocycles. The Hall–Kier alpha value is -1.01. The van der Waals surface area contributed by atoms with E-state index >= 15 is 0 Å². The van der Waals surface area contributed by atoms with Crippen LogP contribution in [-0.4, -0.2) is 23.6 Å². The molecule has 1 aromatic carbocycles. The van der Waals surface area contributed by atoms with Gasteiger partial charge in [0, 0.05) is 10.0 Å². The van der Waals surface area contributed by atoms with Gasteiger partial charge in [0.1, 0.15) is 0 Å². The highest BCUT2D eigenvalue weighted by Gasteiger charge is 2.49. The monoisotopic (exact) mass is 308 g/mol. The molecule has 0 saturated carbocycles. The van der Waals surface area contributed by atoms with E-state index in [1.165, 1.54) is 25.1 Å². The van der Waals surface area contributed by atoms with E-state index in [-0.39, 0.29) is 12.2 Å². The summed E-state index contributed by atoms with van der Waals surface area (Å²) in [6.07, 6.45) is -2.24. The molecule has 0 aliphatic heterocycles. The fraction of sp³-hybridized carbons (Fsp3) is 0.364. The Morgan fingerprint density at radius 3 is 2.65 bits per heavy atom. The number of carbonyl (C=O) groups is 1. The molecule has 1 N–H and O–H groups in total. The number of ether oxygens (including phenoxy) is 1. The van der Waals surface area contributed by atoms with E-state index in [1.807, 2.05) is 0 Å². The Morgan fingerprint density at radius 1 is 1.53 bits per heavy atom. The van der Waals surface area contributed by atoms with Crippen molar-refractivity contribution in [3.63, 3.8) is 0 Å². The number of carbonyl (C=O) groups excluding carboxylic acids is 1. The second-order valence-corrected chi connectivity index (χ2v) is 4.12. The van der Waals surface area contributed by atoms with E-state index in [9.17, 15) is 18.7 Å². The zero-order chi connectivity index (χ0) is 13.1. The summed E-state index contributed by atoms with van der Waals surface area (Å²) in [5.74, 6) is -5.71. The lowest BCUT2D eigenvalue weighted by Crippen LogP contribution is -2.37. The van der Waals surface area contributed by atoms with Crippen LogP contribution in [0.25, 0.3) is 0 Å². The molecule has 0 spiro atoms. The van der Waals surface area contributed by atoms with Gasteiger partial charge in [0.2, 0.25) is 0 Å². The van der Waals surface area contributed by atoms with Gasteiger partial charge in [0.05, 0.1) is 6.61 Å². The van der Waals surface area contributed by atoms with Gasteiger partial charge in [-0.3, -0.25) is 0 Å². The number of rotatable bonds is 4. The van der Waals surface area contributed by atoms with Crippen LogP contribution in [0, 0.1) is 0 Å². The molecule has 6 heteroatoms. The van der Waals surface area contributed by atoms with Gasteiger partial charge in [-0.15, -0.1) is 0 Å². The minimum Gasteiger partial charge on any atom is -0.461 e. The number of aliphatic hydroxyl groups is 1. The third-order valence-electron chi connectivity index (χ3n) is 2.09. The number of hydrogen-bond acceptors (Lipinski definition) is 3. The van der Waals surface area contributed by atoms with Crippen molar-refractivity contribution in [3.8, 4) is 0 Å². The van der Waals surface area contributed by atoms with E-state index in [4.69, 9.17) is 0 Å². The van der Waals surface area contributed by atoms with Crippen LogP contribution < -0.4 is 0 Å². The predicted molar refractivity (Wildman–Crippen MR) is 60.7 cm³/mol. The second kappa shape index (κ2) is 5.55. The van der Waals surface area contributed by atoms with Crippen LogP contribution in [0.4, 0.5) is 8.78 Å². The van der Waals surface area contributed by atoms with Crippen molar-refractivity contribution in [2.45, 2.75) is 19.0 Å². The van der Waals surface area contributed by atoms with Crippen LogP contribution in [-0.2, 0) is 9.53 Å². The first-order valence-corrected chi connectivity index (χ1v) is 5.68. The van der Waals surface area contributed by atoms with Crippen LogP contribution >= 0.6 is 15.9 Å². The summed E-state index contributed by atoms with van der Waals surface area (Å²) < 4.78 is 31.6. The van der Waals surface area contributed by atoms with Gasteiger partial charge in [0.25, 0.3) is 0 Å². The highest BCUT2D eigenvalue weighted by Crippen LogP contribution is 2.35. The zero-order valence-corrected chi connectivity index (χ0v) is 10.6. The topological polar surface area (TPSA) is 46.5 Å².